The summed E-state index contributed by atoms with van der Waals surface area (Å²) < 4.78 is 5.60. The zero-order valence-electron chi connectivity index (χ0n) is 18.4. The first-order valence-electron chi connectivity index (χ1n) is 10.6. The number of amides is 3. The first kappa shape index (κ1) is 22.2. The van der Waals surface area contributed by atoms with E-state index in [9.17, 15) is 19.6 Å². The van der Waals surface area contributed by atoms with Crippen LogP contribution in [0.2, 0.25) is 0 Å². The maximum absolute atomic E-state index is 12.7. The summed E-state index contributed by atoms with van der Waals surface area (Å²) in [6.45, 7) is 5.42. The lowest BCUT2D eigenvalue weighted by molar-refractivity contribution is -0.121. The molecule has 1 unspecified atom stereocenters. The highest BCUT2D eigenvalue weighted by molar-refractivity contribution is 7.16. The Morgan fingerprint density at radius 2 is 1.94 bits per heavy atom. The lowest BCUT2D eigenvalue weighted by Gasteiger charge is -2.33. The predicted molar refractivity (Wildman–Crippen MR) is 121 cm³/mol. The van der Waals surface area contributed by atoms with Crippen molar-refractivity contribution >= 4 is 34.1 Å². The van der Waals surface area contributed by atoms with Crippen molar-refractivity contribution in [1.29, 1.82) is 5.26 Å². The molecule has 1 aromatic carbocycles. The normalized spacial score (nSPS) is 17.7. The zero-order chi connectivity index (χ0) is 23.0. The molecule has 166 valence electrons. The number of nitrogens with zero attached hydrogens (tertiary/aromatic N) is 2. The first-order chi connectivity index (χ1) is 15.2. The standard InChI is InChI=1S/C24H25N3O4S/c1-14-8-9-15-18(11-25)21(32-19(15)10-14)26-20(28)12-31-13-24(2,3)27-22(29)16-6-4-5-7-17(16)23(27)30/h4-7,14H,8-10,12-13H2,1-3H3,(H,26,28). The molecular formula is C24H25N3O4S. The topological polar surface area (TPSA) is 99.5 Å². The molecule has 2 aliphatic rings. The van der Waals surface area contributed by atoms with Crippen LogP contribution in [0.15, 0.2) is 24.3 Å². The third kappa shape index (κ3) is 3.94. The fraction of sp³-hybridized carbons (Fsp3) is 0.417. The quantitative estimate of drug-likeness (QED) is 0.674. The maximum atomic E-state index is 12.7. The summed E-state index contributed by atoms with van der Waals surface area (Å²) in [5.74, 6) is -0.517. The van der Waals surface area contributed by atoms with Gasteiger partial charge >= 0.3 is 0 Å². The van der Waals surface area contributed by atoms with E-state index < -0.39 is 5.54 Å². The number of nitriles is 1. The molecule has 1 N–H and O–H groups in total. The second-order valence-corrected chi connectivity index (χ2v) is 10.1. The highest BCUT2D eigenvalue weighted by Crippen LogP contribution is 2.39. The number of carbonyl (C=O) groups is 3. The number of benzene rings is 1. The van der Waals surface area contributed by atoms with Gasteiger partial charge in [-0.05, 0) is 56.7 Å². The Labute approximate surface area is 191 Å². The molecule has 0 radical (unpaired) electrons. The molecule has 0 fully saturated rings. The van der Waals surface area contributed by atoms with Gasteiger partial charge < -0.3 is 10.1 Å². The van der Waals surface area contributed by atoms with Crippen molar-refractivity contribution in [3.8, 4) is 6.07 Å². The van der Waals surface area contributed by atoms with E-state index in [0.717, 1.165) is 24.8 Å². The van der Waals surface area contributed by atoms with Crippen LogP contribution >= 0.6 is 11.3 Å². The van der Waals surface area contributed by atoms with Crippen LogP contribution in [0.3, 0.4) is 0 Å². The van der Waals surface area contributed by atoms with Gasteiger partial charge in [0, 0.05) is 4.88 Å². The van der Waals surface area contributed by atoms with Crippen LogP contribution in [0.5, 0.6) is 0 Å². The summed E-state index contributed by atoms with van der Waals surface area (Å²) >= 11 is 1.46. The number of hydrogen-bond donors (Lipinski definition) is 1. The highest BCUT2D eigenvalue weighted by atomic mass is 32.1. The van der Waals surface area contributed by atoms with Crippen LogP contribution in [0.4, 0.5) is 5.00 Å². The largest absolute Gasteiger partial charge is 0.369 e. The molecule has 2 aromatic rings. The Morgan fingerprint density at radius 3 is 2.56 bits per heavy atom. The van der Waals surface area contributed by atoms with E-state index in [4.69, 9.17) is 4.74 Å². The van der Waals surface area contributed by atoms with Gasteiger partial charge in [-0.3, -0.25) is 19.3 Å². The van der Waals surface area contributed by atoms with Crippen LogP contribution in [0.25, 0.3) is 0 Å². The number of ether oxygens (including phenoxy) is 1. The van der Waals surface area contributed by atoms with Crippen molar-refractivity contribution in [3.05, 3.63) is 51.4 Å². The molecule has 7 nitrogen and oxygen atoms in total. The van der Waals surface area contributed by atoms with Crippen molar-refractivity contribution in [2.75, 3.05) is 18.5 Å². The Balaban J connectivity index is 1.37. The molecule has 2 heterocycles. The van der Waals surface area contributed by atoms with Crippen LogP contribution in [-0.4, -0.2) is 41.4 Å². The molecule has 0 saturated heterocycles. The third-order valence-electron chi connectivity index (χ3n) is 5.96. The fourth-order valence-electron chi connectivity index (χ4n) is 4.32. The molecule has 8 heteroatoms. The number of carbonyl (C=O) groups excluding carboxylic acids is 3. The minimum absolute atomic E-state index is 0.00938. The lowest BCUT2D eigenvalue weighted by atomic mass is 9.89. The molecular weight excluding hydrogens is 426 g/mol. The minimum atomic E-state index is -0.927. The maximum Gasteiger partial charge on any atom is 0.262 e. The number of thiophene rings is 1. The molecule has 0 bridgehead atoms. The number of rotatable bonds is 6. The molecule has 0 spiro atoms. The van der Waals surface area contributed by atoms with Crippen LogP contribution in [0.1, 0.15) is 63.9 Å². The molecule has 32 heavy (non-hydrogen) atoms. The number of anilines is 1. The van der Waals surface area contributed by atoms with Crippen molar-refractivity contribution in [3.63, 3.8) is 0 Å². The fourth-order valence-corrected chi connectivity index (χ4v) is 5.69. The van der Waals surface area contributed by atoms with Gasteiger partial charge in [-0.25, -0.2) is 0 Å². The van der Waals surface area contributed by atoms with Gasteiger partial charge in [0.2, 0.25) is 0 Å². The summed E-state index contributed by atoms with van der Waals surface area (Å²) in [5.41, 5.74) is 1.44. The van der Waals surface area contributed by atoms with Gasteiger partial charge in [0.15, 0.2) is 0 Å². The van der Waals surface area contributed by atoms with Gasteiger partial charge in [-0.1, -0.05) is 19.1 Å². The lowest BCUT2D eigenvalue weighted by Crippen LogP contribution is -2.50. The van der Waals surface area contributed by atoms with Gasteiger partial charge in [0.25, 0.3) is 17.7 Å². The van der Waals surface area contributed by atoms with Crippen molar-refractivity contribution in [2.45, 2.75) is 45.6 Å². The summed E-state index contributed by atoms with van der Waals surface area (Å²) in [6.07, 6.45) is 2.83. The van der Waals surface area contributed by atoms with Gasteiger partial charge in [-0.15, -0.1) is 11.3 Å². The Bertz CT molecular complexity index is 1110. The summed E-state index contributed by atoms with van der Waals surface area (Å²) in [5, 5.41) is 12.9. The van der Waals surface area contributed by atoms with Crippen LogP contribution in [-0.2, 0) is 22.4 Å². The smallest absolute Gasteiger partial charge is 0.262 e. The SMILES string of the molecule is CC1CCc2c(sc(NC(=O)COCC(C)(C)N3C(=O)c4ccccc4C3=O)c2C#N)C1. The third-order valence-corrected chi connectivity index (χ3v) is 7.13. The Morgan fingerprint density at radius 1 is 1.28 bits per heavy atom. The second kappa shape index (κ2) is 8.49. The Kier molecular flexibility index (Phi) is 5.89. The highest BCUT2D eigenvalue weighted by Gasteiger charge is 2.44. The average molecular weight is 452 g/mol. The molecule has 3 amide bonds. The number of nitrogens with one attached hydrogen (secondary N) is 1. The van der Waals surface area contributed by atoms with E-state index in [1.165, 1.54) is 21.1 Å². The second-order valence-electron chi connectivity index (χ2n) is 9.01. The summed E-state index contributed by atoms with van der Waals surface area (Å²) in [4.78, 5) is 40.3. The van der Waals surface area contributed by atoms with E-state index in [1.807, 2.05) is 0 Å². The van der Waals surface area contributed by atoms with Gasteiger partial charge in [-0.2, -0.15) is 5.26 Å². The number of imide groups is 1. The number of hydrogen-bond acceptors (Lipinski definition) is 6. The van der Waals surface area contributed by atoms with Crippen LogP contribution < -0.4 is 5.32 Å². The summed E-state index contributed by atoms with van der Waals surface area (Å²) in [7, 11) is 0. The minimum Gasteiger partial charge on any atom is -0.369 e. The van der Waals surface area contributed by atoms with Crippen molar-refractivity contribution in [1.82, 2.24) is 4.90 Å². The van der Waals surface area contributed by atoms with Crippen LogP contribution in [0, 0.1) is 17.2 Å². The molecule has 1 atom stereocenters. The number of fused-ring (bicyclic) bond motifs is 2. The summed E-state index contributed by atoms with van der Waals surface area (Å²) in [6, 6.07) is 8.94. The average Bonchev–Trinajstić information content (AvgIpc) is 3.21. The molecule has 1 aromatic heterocycles. The van der Waals surface area contributed by atoms with E-state index in [0.29, 0.717) is 27.6 Å². The molecule has 1 aliphatic carbocycles. The molecule has 1 aliphatic heterocycles. The van der Waals surface area contributed by atoms with E-state index in [1.54, 1.807) is 38.1 Å². The first-order valence-corrected chi connectivity index (χ1v) is 11.4. The van der Waals surface area contributed by atoms with Crippen molar-refractivity contribution < 1.29 is 19.1 Å². The van der Waals surface area contributed by atoms with E-state index in [-0.39, 0.29) is 30.9 Å². The van der Waals surface area contributed by atoms with Crippen molar-refractivity contribution in [2.24, 2.45) is 5.92 Å². The predicted octanol–water partition coefficient (Wildman–Crippen LogP) is 3.77. The van der Waals surface area contributed by atoms with E-state index >= 15 is 0 Å². The van der Waals surface area contributed by atoms with Gasteiger partial charge in [0.05, 0.1) is 28.8 Å². The van der Waals surface area contributed by atoms with Gasteiger partial charge in [0.1, 0.15) is 17.7 Å². The zero-order valence-corrected chi connectivity index (χ0v) is 19.2. The Hall–Kier alpha value is -3.02. The monoisotopic (exact) mass is 451 g/mol. The molecule has 4 rings (SSSR count). The van der Waals surface area contributed by atoms with E-state index in [2.05, 4.69) is 18.3 Å². The molecule has 0 saturated carbocycles.